The van der Waals surface area contributed by atoms with Crippen LogP contribution in [0, 0.1) is 19.7 Å². The highest BCUT2D eigenvalue weighted by Crippen LogP contribution is 2.33. The van der Waals surface area contributed by atoms with Gasteiger partial charge in [0.1, 0.15) is 11.9 Å². The second-order valence-corrected chi connectivity index (χ2v) is 5.62. The number of rotatable bonds is 3. The third-order valence-electron chi connectivity index (χ3n) is 4.00. The van der Waals surface area contributed by atoms with Crippen molar-refractivity contribution >= 4 is 11.0 Å². The minimum Gasteiger partial charge on any atom is -0.464 e. The summed E-state index contributed by atoms with van der Waals surface area (Å²) in [7, 11) is 0. The molecule has 0 saturated carbocycles. The van der Waals surface area contributed by atoms with Gasteiger partial charge in [-0.1, -0.05) is 6.07 Å². The van der Waals surface area contributed by atoms with Gasteiger partial charge >= 0.3 is 0 Å². The van der Waals surface area contributed by atoms with Crippen LogP contribution in [-0.4, -0.2) is 15.0 Å². The molecule has 3 aromatic heterocycles. The van der Waals surface area contributed by atoms with Gasteiger partial charge in [0.2, 0.25) is 5.88 Å². The zero-order valence-corrected chi connectivity index (χ0v) is 13.7. The molecule has 0 amide bonds. The highest BCUT2D eigenvalue weighted by Gasteiger charge is 2.14. The minimum atomic E-state index is -0.484. The summed E-state index contributed by atoms with van der Waals surface area (Å²) in [6, 6.07) is 8.24. The van der Waals surface area contributed by atoms with Crippen molar-refractivity contribution in [2.75, 3.05) is 0 Å². The van der Waals surface area contributed by atoms with E-state index in [1.54, 1.807) is 36.7 Å². The van der Waals surface area contributed by atoms with Gasteiger partial charge in [-0.25, -0.2) is 19.3 Å². The molecule has 5 nitrogen and oxygen atoms in total. The van der Waals surface area contributed by atoms with E-state index in [2.05, 4.69) is 15.0 Å². The van der Waals surface area contributed by atoms with Crippen molar-refractivity contribution in [3.8, 4) is 22.8 Å². The smallest absolute Gasteiger partial charge is 0.230 e. The first-order valence-electron chi connectivity index (χ1n) is 7.71. The molecular weight excluding hydrogens is 321 g/mol. The molecule has 3 heterocycles. The van der Waals surface area contributed by atoms with Crippen LogP contribution in [-0.2, 0) is 0 Å². The van der Waals surface area contributed by atoms with Crippen LogP contribution < -0.4 is 4.74 Å². The number of furan rings is 1. The van der Waals surface area contributed by atoms with Gasteiger partial charge in [0.25, 0.3) is 0 Å². The van der Waals surface area contributed by atoms with E-state index in [0.29, 0.717) is 22.4 Å². The van der Waals surface area contributed by atoms with Crippen molar-refractivity contribution in [2.24, 2.45) is 0 Å². The summed E-state index contributed by atoms with van der Waals surface area (Å²) in [5, 5.41) is 0.689. The van der Waals surface area contributed by atoms with Crippen molar-refractivity contribution in [3.05, 3.63) is 66.3 Å². The van der Waals surface area contributed by atoms with Gasteiger partial charge in [-0.3, -0.25) is 0 Å². The number of hydrogen-bond donors (Lipinski definition) is 0. The van der Waals surface area contributed by atoms with E-state index in [4.69, 9.17) is 9.15 Å². The van der Waals surface area contributed by atoms with Crippen LogP contribution in [0.15, 0.2) is 53.5 Å². The molecule has 0 fully saturated rings. The zero-order chi connectivity index (χ0) is 17.4. The molecule has 0 bridgehead atoms. The Morgan fingerprint density at radius 1 is 1.00 bits per heavy atom. The molecule has 6 heteroatoms. The molecule has 25 heavy (non-hydrogen) atoms. The lowest BCUT2D eigenvalue weighted by molar-refractivity contribution is 0.432. The summed E-state index contributed by atoms with van der Waals surface area (Å²) >= 11 is 0. The molecule has 0 aliphatic heterocycles. The Labute approximate surface area is 143 Å². The molecule has 0 unspecified atom stereocenters. The van der Waals surface area contributed by atoms with Gasteiger partial charge in [0, 0.05) is 23.1 Å². The highest BCUT2D eigenvalue weighted by molar-refractivity contribution is 5.82. The molecule has 0 radical (unpaired) electrons. The van der Waals surface area contributed by atoms with Crippen LogP contribution >= 0.6 is 0 Å². The largest absolute Gasteiger partial charge is 0.464 e. The van der Waals surface area contributed by atoms with Crippen molar-refractivity contribution in [1.29, 1.82) is 0 Å². The maximum atomic E-state index is 14.6. The molecule has 0 spiro atoms. The summed E-state index contributed by atoms with van der Waals surface area (Å²) in [4.78, 5) is 12.5. The molecular formula is C19H14FN3O2. The van der Waals surface area contributed by atoms with Gasteiger partial charge in [-0.15, -0.1) is 0 Å². The Morgan fingerprint density at radius 2 is 1.80 bits per heavy atom. The second kappa shape index (κ2) is 5.98. The SMILES string of the molecule is Cc1ncnc(C)c1-c1ccc(Oc2nccc3occc23)c(F)c1. The molecule has 1 aromatic carbocycles. The Kier molecular flexibility index (Phi) is 3.65. The Bertz CT molecular complexity index is 1060. The summed E-state index contributed by atoms with van der Waals surface area (Å²) in [5.41, 5.74) is 3.75. The predicted octanol–water partition coefficient (Wildman–Crippen LogP) is 4.83. The molecule has 0 N–H and O–H groups in total. The number of hydrogen-bond acceptors (Lipinski definition) is 5. The maximum Gasteiger partial charge on any atom is 0.230 e. The van der Waals surface area contributed by atoms with Gasteiger partial charge < -0.3 is 9.15 Å². The topological polar surface area (TPSA) is 61.0 Å². The predicted molar refractivity (Wildman–Crippen MR) is 91.0 cm³/mol. The summed E-state index contributed by atoms with van der Waals surface area (Å²) in [5.74, 6) is -0.0899. The molecule has 4 rings (SSSR count). The minimum absolute atomic E-state index is 0.0945. The number of halogens is 1. The van der Waals surface area contributed by atoms with Crippen LogP contribution in [0.1, 0.15) is 11.4 Å². The first-order chi connectivity index (χ1) is 12.1. The molecule has 0 saturated heterocycles. The van der Waals surface area contributed by atoms with Crippen LogP contribution in [0.4, 0.5) is 4.39 Å². The lowest BCUT2D eigenvalue weighted by Gasteiger charge is -2.11. The van der Waals surface area contributed by atoms with Crippen molar-refractivity contribution < 1.29 is 13.5 Å². The lowest BCUT2D eigenvalue weighted by Crippen LogP contribution is -1.96. The number of benzene rings is 1. The summed E-state index contributed by atoms with van der Waals surface area (Å²) in [6.45, 7) is 3.74. The van der Waals surface area contributed by atoms with E-state index in [1.165, 1.54) is 12.4 Å². The van der Waals surface area contributed by atoms with Crippen LogP contribution in [0.5, 0.6) is 11.6 Å². The molecule has 0 atom stereocenters. The first kappa shape index (κ1) is 15.3. The number of ether oxygens (including phenoxy) is 1. The lowest BCUT2D eigenvalue weighted by atomic mass is 10.0. The first-order valence-corrected chi connectivity index (χ1v) is 7.71. The fourth-order valence-electron chi connectivity index (χ4n) is 2.80. The maximum absolute atomic E-state index is 14.6. The molecule has 0 aliphatic rings. The molecule has 0 aliphatic carbocycles. The normalized spacial score (nSPS) is 11.0. The standard InChI is InChI=1S/C19H14FN3O2/c1-11-18(12(2)23-10-22-11)13-3-4-17(15(20)9-13)25-19-14-6-8-24-16(14)5-7-21-19/h3-10H,1-2H3. The number of pyridine rings is 1. The van der Waals surface area contributed by atoms with Crippen LogP contribution in [0.3, 0.4) is 0 Å². The van der Waals surface area contributed by atoms with Gasteiger partial charge in [-0.05, 0) is 43.7 Å². The van der Waals surface area contributed by atoms with Gasteiger partial charge in [-0.2, -0.15) is 0 Å². The molecule has 4 aromatic rings. The fraction of sp³-hybridized carbons (Fsp3) is 0.105. The van der Waals surface area contributed by atoms with E-state index in [-0.39, 0.29) is 5.75 Å². The van der Waals surface area contributed by atoms with E-state index < -0.39 is 5.82 Å². The number of nitrogens with zero attached hydrogens (tertiary/aromatic N) is 3. The number of fused-ring (bicyclic) bond motifs is 1. The van der Waals surface area contributed by atoms with Crippen molar-refractivity contribution in [1.82, 2.24) is 15.0 Å². The highest BCUT2D eigenvalue weighted by atomic mass is 19.1. The third kappa shape index (κ3) is 2.71. The van der Waals surface area contributed by atoms with E-state index in [1.807, 2.05) is 13.8 Å². The number of aromatic nitrogens is 3. The molecule has 124 valence electrons. The monoisotopic (exact) mass is 335 g/mol. The quantitative estimate of drug-likeness (QED) is 0.536. The zero-order valence-electron chi connectivity index (χ0n) is 13.7. The van der Waals surface area contributed by atoms with Gasteiger partial charge in [0.05, 0.1) is 11.6 Å². The second-order valence-electron chi connectivity index (χ2n) is 5.62. The average Bonchev–Trinajstić information content (AvgIpc) is 3.07. The van der Waals surface area contributed by atoms with Crippen molar-refractivity contribution in [3.63, 3.8) is 0 Å². The van der Waals surface area contributed by atoms with Crippen LogP contribution in [0.25, 0.3) is 22.1 Å². The number of aryl methyl sites for hydroxylation is 2. The summed E-state index contributed by atoms with van der Waals surface area (Å²) < 4.78 is 25.6. The Balaban J connectivity index is 1.72. The van der Waals surface area contributed by atoms with E-state index in [0.717, 1.165) is 17.0 Å². The van der Waals surface area contributed by atoms with E-state index in [9.17, 15) is 4.39 Å². The van der Waals surface area contributed by atoms with Crippen LogP contribution in [0.2, 0.25) is 0 Å². The third-order valence-corrected chi connectivity index (χ3v) is 4.00. The van der Waals surface area contributed by atoms with Gasteiger partial charge in [0.15, 0.2) is 11.6 Å². The van der Waals surface area contributed by atoms with Crippen molar-refractivity contribution in [2.45, 2.75) is 13.8 Å². The Hall–Kier alpha value is -3.28. The Morgan fingerprint density at radius 3 is 2.56 bits per heavy atom. The summed E-state index contributed by atoms with van der Waals surface area (Å²) in [6.07, 6.45) is 4.60. The average molecular weight is 335 g/mol. The van der Waals surface area contributed by atoms with E-state index >= 15 is 0 Å². The fourth-order valence-corrected chi connectivity index (χ4v) is 2.80.